The molecule has 0 aliphatic rings. The second-order valence-electron chi connectivity index (χ2n) is 12.3. The first-order valence-electron chi connectivity index (χ1n) is 17.0. The van der Waals surface area contributed by atoms with Gasteiger partial charge in [-0.3, -0.25) is 9.13 Å². The van der Waals surface area contributed by atoms with E-state index in [-0.39, 0.29) is 21.1 Å². The van der Waals surface area contributed by atoms with E-state index in [4.69, 9.17) is 51.4 Å². The van der Waals surface area contributed by atoms with Crippen LogP contribution in [0, 0.1) is 0 Å². The highest BCUT2D eigenvalue weighted by molar-refractivity contribution is 6.33. The van der Waals surface area contributed by atoms with Gasteiger partial charge in [-0.2, -0.15) is 29.9 Å². The molecule has 0 atom stereocenters. The van der Waals surface area contributed by atoms with Gasteiger partial charge in [-0.25, -0.2) is 0 Å². The molecule has 6 aromatic carbocycles. The molecule has 55 heavy (non-hydrogen) atoms. The molecule has 1 N–H and O–H groups in total. The van der Waals surface area contributed by atoms with Crippen LogP contribution in [0.3, 0.4) is 0 Å². The highest BCUT2D eigenvalue weighted by Crippen LogP contribution is 2.33. The lowest BCUT2D eigenvalue weighted by Crippen LogP contribution is -2.08. The largest absolute Gasteiger partial charge is 0.355 e. The number of rotatable bonds is 2. The van der Waals surface area contributed by atoms with Crippen molar-refractivity contribution in [3.05, 3.63) is 167 Å². The van der Waals surface area contributed by atoms with E-state index in [1.807, 2.05) is 48.5 Å². The van der Waals surface area contributed by atoms with Gasteiger partial charge < -0.3 is 4.98 Å². The summed E-state index contributed by atoms with van der Waals surface area (Å²) in [6, 6.07) is 49.8. The van der Waals surface area contributed by atoms with Gasteiger partial charge in [0.05, 0.1) is 22.1 Å². The van der Waals surface area contributed by atoms with Crippen LogP contribution >= 0.6 is 46.4 Å². The van der Waals surface area contributed by atoms with E-state index in [1.54, 1.807) is 0 Å². The van der Waals surface area contributed by atoms with Crippen LogP contribution in [0.4, 0.5) is 0 Å². The molecule has 0 bridgehead atoms. The molecule has 0 saturated heterocycles. The Balaban J connectivity index is 0.000000147. The third-order valence-corrected chi connectivity index (χ3v) is 9.79. The maximum absolute atomic E-state index is 6.50. The monoisotopic (exact) mass is 795 g/mol. The average Bonchev–Trinajstić information content (AvgIpc) is 3.86. The van der Waals surface area contributed by atoms with Gasteiger partial charge in [0.2, 0.25) is 33.0 Å². The molecule has 5 aromatic heterocycles. The van der Waals surface area contributed by atoms with E-state index < -0.39 is 0 Å². The van der Waals surface area contributed by atoms with Gasteiger partial charge in [0.15, 0.2) is 0 Å². The van der Waals surface area contributed by atoms with Crippen LogP contribution in [0.1, 0.15) is 0 Å². The summed E-state index contributed by atoms with van der Waals surface area (Å²) in [7, 11) is 0. The summed E-state index contributed by atoms with van der Waals surface area (Å²) >= 11 is 22.5. The molecule has 0 amide bonds. The number of fused-ring (bicyclic) bond motifs is 9. The zero-order valence-corrected chi connectivity index (χ0v) is 31.5. The number of halogens is 4. The lowest BCUT2D eigenvalue weighted by atomic mass is 10.2. The smallest absolute Gasteiger partial charge is 0.240 e. The summed E-state index contributed by atoms with van der Waals surface area (Å²) in [5.74, 6) is 0.980. The minimum Gasteiger partial charge on any atom is -0.355 e. The first-order valence-corrected chi connectivity index (χ1v) is 18.5. The molecule has 11 aromatic rings. The van der Waals surface area contributed by atoms with Crippen molar-refractivity contribution in [2.24, 2.45) is 0 Å². The Bertz CT molecular complexity index is 2850. The van der Waals surface area contributed by atoms with Gasteiger partial charge >= 0.3 is 0 Å². The average molecular weight is 798 g/mol. The third kappa shape index (κ3) is 6.57. The van der Waals surface area contributed by atoms with Crippen molar-refractivity contribution in [3.8, 4) is 11.9 Å². The Morgan fingerprint density at radius 3 is 0.927 bits per heavy atom. The lowest BCUT2D eigenvalue weighted by molar-refractivity contribution is 0.887. The van der Waals surface area contributed by atoms with E-state index in [1.165, 1.54) is 21.8 Å². The Morgan fingerprint density at radius 1 is 0.309 bits per heavy atom. The van der Waals surface area contributed by atoms with Gasteiger partial charge in [0.25, 0.3) is 0 Å². The summed E-state index contributed by atoms with van der Waals surface area (Å²) in [6.07, 6.45) is 0. The number of aromatic nitrogens is 9. The van der Waals surface area contributed by atoms with Crippen molar-refractivity contribution >= 4 is 112 Å². The minimum atomic E-state index is 0.000000000000000444. The third-order valence-electron chi connectivity index (χ3n) is 9.11. The van der Waals surface area contributed by atoms with Gasteiger partial charge in [-0.15, -0.1) is 0 Å². The fraction of sp³-hybridized carbons (Fsp3) is 0. The van der Waals surface area contributed by atoms with E-state index in [0.717, 1.165) is 43.6 Å². The van der Waals surface area contributed by atoms with Crippen molar-refractivity contribution in [1.29, 1.82) is 0 Å². The van der Waals surface area contributed by atoms with Crippen molar-refractivity contribution in [2.45, 2.75) is 0 Å². The van der Waals surface area contributed by atoms with Crippen LogP contribution in [0.15, 0.2) is 146 Å². The Kier molecular flexibility index (Phi) is 9.21. The van der Waals surface area contributed by atoms with E-state index >= 15 is 0 Å². The summed E-state index contributed by atoms with van der Waals surface area (Å²) < 4.78 is 4.10. The van der Waals surface area contributed by atoms with E-state index in [2.05, 4.69) is 136 Å². The van der Waals surface area contributed by atoms with Crippen molar-refractivity contribution in [3.63, 3.8) is 0 Å². The molecule has 9 nitrogen and oxygen atoms in total. The van der Waals surface area contributed by atoms with Crippen molar-refractivity contribution in [1.82, 2.24) is 44.0 Å². The van der Waals surface area contributed by atoms with Crippen LogP contribution in [-0.2, 0) is 0 Å². The second-order valence-corrected chi connectivity index (χ2v) is 13.7. The van der Waals surface area contributed by atoms with Crippen molar-refractivity contribution < 1.29 is 0 Å². The van der Waals surface area contributed by atoms with Crippen LogP contribution < -0.4 is 0 Å². The normalized spacial score (nSPS) is 11.3. The molecular weight excluding hydrogens is 772 g/mol. The number of nitrogens with zero attached hydrogens (tertiary/aromatic N) is 8. The molecule has 0 saturated carbocycles. The first kappa shape index (κ1) is 34.7. The van der Waals surface area contributed by atoms with Crippen LogP contribution in [0.25, 0.3) is 77.3 Å². The first-order chi connectivity index (χ1) is 26.9. The Labute approximate surface area is 332 Å². The fourth-order valence-corrected chi connectivity index (χ4v) is 7.67. The fourth-order valence-electron chi connectivity index (χ4n) is 6.91. The topological polar surface area (TPSA) is 103 Å². The number of hydrogen-bond donors (Lipinski definition) is 1. The summed E-state index contributed by atoms with van der Waals surface area (Å²) in [6.45, 7) is 0. The SMILES string of the molecule is Clc1nc(-n2c3ccccc3c3ccccc32)nc(-n2c3ccccc3c3ccccc32)n1.Clc1nc(Cl)nc(Cl)n1.c1ccc2c(c1)[nH]c1ccccc12. The van der Waals surface area contributed by atoms with Crippen LogP contribution in [0.5, 0.6) is 0 Å². The van der Waals surface area contributed by atoms with Crippen LogP contribution in [0.2, 0.25) is 21.1 Å². The van der Waals surface area contributed by atoms with E-state index in [0.29, 0.717) is 11.9 Å². The number of benzene rings is 6. The van der Waals surface area contributed by atoms with Crippen LogP contribution in [-0.4, -0.2) is 44.0 Å². The number of aromatic amines is 1. The molecule has 13 heteroatoms. The minimum absolute atomic E-state index is 0.000000000000000444. The lowest BCUT2D eigenvalue weighted by Gasteiger charge is -2.10. The van der Waals surface area contributed by atoms with Gasteiger partial charge in [0.1, 0.15) is 0 Å². The standard InChI is InChI=1S/C27H16ClN5.C12H9N.C3Cl3N3/c28-25-29-26(32-21-13-5-1-9-17(21)18-10-2-6-14-22(18)32)31-27(30-25)33-23-15-7-3-11-19(23)20-12-4-8-16-24(20)33;1-3-7-11-9(5-1)10-6-2-4-8-12(10)13-11;4-1-7-2(5)9-3(6)8-1/h1-16H;1-8,13H;. The summed E-state index contributed by atoms with van der Waals surface area (Å²) in [4.78, 5) is 27.8. The van der Waals surface area contributed by atoms with Gasteiger partial charge in [0, 0.05) is 43.4 Å². The number of hydrogen-bond acceptors (Lipinski definition) is 6. The summed E-state index contributed by atoms with van der Waals surface area (Å²) in [5.41, 5.74) is 6.51. The molecule has 5 heterocycles. The molecular formula is C42H25Cl4N9. The molecule has 0 aliphatic carbocycles. The molecule has 0 radical (unpaired) electrons. The molecule has 0 unspecified atom stereocenters. The second kappa shape index (κ2) is 14.6. The number of para-hydroxylation sites is 6. The predicted molar refractivity (Wildman–Crippen MR) is 224 cm³/mol. The molecule has 11 rings (SSSR count). The number of H-pyrrole nitrogens is 1. The Hall–Kier alpha value is -6.10. The molecule has 266 valence electrons. The highest BCUT2D eigenvalue weighted by atomic mass is 35.5. The predicted octanol–water partition coefficient (Wildman–Crippen LogP) is 11.9. The molecule has 0 fully saturated rings. The van der Waals surface area contributed by atoms with Gasteiger partial charge in [-0.1, -0.05) is 109 Å². The zero-order valence-electron chi connectivity index (χ0n) is 28.4. The zero-order chi connectivity index (χ0) is 37.5. The summed E-state index contributed by atoms with van der Waals surface area (Å²) in [5, 5.41) is 7.33. The van der Waals surface area contributed by atoms with E-state index in [9.17, 15) is 0 Å². The Morgan fingerprint density at radius 2 is 0.582 bits per heavy atom. The van der Waals surface area contributed by atoms with Crippen molar-refractivity contribution in [2.75, 3.05) is 0 Å². The highest BCUT2D eigenvalue weighted by Gasteiger charge is 2.19. The molecule has 0 aliphatic heterocycles. The number of nitrogens with one attached hydrogen (secondary N) is 1. The molecule has 0 spiro atoms. The maximum atomic E-state index is 6.50. The maximum Gasteiger partial charge on any atom is 0.240 e. The van der Waals surface area contributed by atoms with Gasteiger partial charge in [-0.05, 0) is 82.8 Å². The quantitative estimate of drug-likeness (QED) is 0.187.